The standard InChI is InChI=1S/C18H16O8/c19-15(20)11-1-5-13(6-2-11)25-17-18(24-10-9-23-17)26-14-7-3-12(4-8-14)16(21)22/h1-8,17-18H,9-10H2,(H,19,20)(H,21,22). The summed E-state index contributed by atoms with van der Waals surface area (Å²) >= 11 is 0. The summed E-state index contributed by atoms with van der Waals surface area (Å²) in [4.78, 5) is 21.8. The Morgan fingerprint density at radius 1 is 0.731 bits per heavy atom. The minimum Gasteiger partial charge on any atom is -0.478 e. The molecule has 0 spiro atoms. The third kappa shape index (κ3) is 4.29. The second-order valence-corrected chi connectivity index (χ2v) is 5.37. The van der Waals surface area contributed by atoms with Crippen LogP contribution in [-0.4, -0.2) is 47.9 Å². The van der Waals surface area contributed by atoms with E-state index < -0.39 is 24.5 Å². The third-order valence-electron chi connectivity index (χ3n) is 3.58. The van der Waals surface area contributed by atoms with Gasteiger partial charge in [0.15, 0.2) is 0 Å². The first kappa shape index (κ1) is 17.7. The Hall–Kier alpha value is -3.10. The first-order valence-electron chi connectivity index (χ1n) is 7.76. The van der Waals surface area contributed by atoms with Gasteiger partial charge in [-0.1, -0.05) is 0 Å². The summed E-state index contributed by atoms with van der Waals surface area (Å²) in [5.74, 6) is -1.25. The number of carbonyl (C=O) groups is 2. The molecule has 0 amide bonds. The van der Waals surface area contributed by atoms with Gasteiger partial charge in [0.2, 0.25) is 0 Å². The van der Waals surface area contributed by atoms with Crippen molar-refractivity contribution in [3.8, 4) is 11.5 Å². The van der Waals surface area contributed by atoms with Crippen molar-refractivity contribution < 1.29 is 38.7 Å². The zero-order valence-electron chi connectivity index (χ0n) is 13.5. The fourth-order valence-corrected chi connectivity index (χ4v) is 2.29. The maximum absolute atomic E-state index is 10.9. The quantitative estimate of drug-likeness (QED) is 0.807. The zero-order chi connectivity index (χ0) is 18.5. The van der Waals surface area contributed by atoms with E-state index in [9.17, 15) is 9.59 Å². The van der Waals surface area contributed by atoms with Crippen molar-refractivity contribution in [2.75, 3.05) is 13.2 Å². The maximum Gasteiger partial charge on any atom is 0.335 e. The van der Waals surface area contributed by atoms with Gasteiger partial charge >= 0.3 is 11.9 Å². The van der Waals surface area contributed by atoms with Crippen LogP contribution < -0.4 is 9.47 Å². The van der Waals surface area contributed by atoms with Crippen LogP contribution in [0.25, 0.3) is 0 Å². The molecule has 8 heteroatoms. The Labute approximate surface area is 148 Å². The van der Waals surface area contributed by atoms with E-state index in [1.54, 1.807) is 0 Å². The summed E-state index contributed by atoms with van der Waals surface area (Å²) in [5, 5.41) is 17.8. The molecule has 136 valence electrons. The topological polar surface area (TPSA) is 112 Å². The molecule has 8 nitrogen and oxygen atoms in total. The predicted octanol–water partition coefficient (Wildman–Crippen LogP) is 2.24. The molecule has 0 saturated carbocycles. The Balaban J connectivity index is 1.67. The van der Waals surface area contributed by atoms with Crippen molar-refractivity contribution in [3.63, 3.8) is 0 Å². The molecule has 0 aromatic heterocycles. The second-order valence-electron chi connectivity index (χ2n) is 5.37. The average molecular weight is 360 g/mol. The van der Waals surface area contributed by atoms with Crippen LogP contribution in [0.1, 0.15) is 20.7 Å². The van der Waals surface area contributed by atoms with Crippen molar-refractivity contribution in [1.82, 2.24) is 0 Å². The van der Waals surface area contributed by atoms with Gasteiger partial charge in [-0.3, -0.25) is 0 Å². The molecule has 2 N–H and O–H groups in total. The fourth-order valence-electron chi connectivity index (χ4n) is 2.29. The van der Waals surface area contributed by atoms with Gasteiger partial charge < -0.3 is 29.2 Å². The molecule has 1 aliphatic rings. The summed E-state index contributed by atoms with van der Waals surface area (Å²) in [6.07, 6.45) is -1.72. The molecule has 0 aliphatic carbocycles. The SMILES string of the molecule is O=C(O)c1ccc(OC2OCCOC2Oc2ccc(C(=O)O)cc2)cc1. The molecule has 26 heavy (non-hydrogen) atoms. The summed E-state index contributed by atoms with van der Waals surface area (Å²) in [6, 6.07) is 11.7. The van der Waals surface area contributed by atoms with E-state index in [1.165, 1.54) is 48.5 Å². The van der Waals surface area contributed by atoms with E-state index >= 15 is 0 Å². The number of carboxylic acid groups (broad SMARTS) is 2. The number of ether oxygens (including phenoxy) is 4. The molecule has 2 atom stereocenters. The van der Waals surface area contributed by atoms with Crippen LogP contribution in [0.3, 0.4) is 0 Å². The van der Waals surface area contributed by atoms with Gasteiger partial charge in [-0.2, -0.15) is 0 Å². The monoisotopic (exact) mass is 360 g/mol. The van der Waals surface area contributed by atoms with Crippen molar-refractivity contribution >= 4 is 11.9 Å². The lowest BCUT2D eigenvalue weighted by Crippen LogP contribution is -2.45. The molecule has 2 aromatic carbocycles. The Morgan fingerprint density at radius 2 is 1.08 bits per heavy atom. The highest BCUT2D eigenvalue weighted by Crippen LogP contribution is 2.22. The van der Waals surface area contributed by atoms with Crippen LogP contribution in [0.5, 0.6) is 11.5 Å². The van der Waals surface area contributed by atoms with Crippen molar-refractivity contribution in [1.29, 1.82) is 0 Å². The lowest BCUT2D eigenvalue weighted by atomic mass is 10.2. The van der Waals surface area contributed by atoms with E-state index in [0.29, 0.717) is 24.7 Å². The van der Waals surface area contributed by atoms with Gasteiger partial charge in [-0.05, 0) is 48.5 Å². The number of aromatic carboxylic acids is 2. The summed E-state index contributed by atoms with van der Waals surface area (Å²) in [5.41, 5.74) is 0.286. The summed E-state index contributed by atoms with van der Waals surface area (Å²) in [6.45, 7) is 0.630. The van der Waals surface area contributed by atoms with Crippen LogP contribution in [0.4, 0.5) is 0 Å². The first-order chi connectivity index (χ1) is 12.5. The molecular weight excluding hydrogens is 344 g/mol. The number of hydrogen-bond acceptors (Lipinski definition) is 6. The van der Waals surface area contributed by atoms with Crippen molar-refractivity contribution in [2.24, 2.45) is 0 Å². The number of rotatable bonds is 6. The first-order valence-corrected chi connectivity index (χ1v) is 7.76. The van der Waals surface area contributed by atoms with Gasteiger partial charge in [0.25, 0.3) is 12.6 Å². The molecular formula is C18H16O8. The highest BCUT2D eigenvalue weighted by atomic mass is 16.8. The lowest BCUT2D eigenvalue weighted by Gasteiger charge is -2.31. The highest BCUT2D eigenvalue weighted by molar-refractivity contribution is 5.88. The molecule has 2 aromatic rings. The van der Waals surface area contributed by atoms with Crippen LogP contribution in [0.15, 0.2) is 48.5 Å². The van der Waals surface area contributed by atoms with Gasteiger partial charge in [-0.25, -0.2) is 9.59 Å². The third-order valence-corrected chi connectivity index (χ3v) is 3.58. The fraction of sp³-hybridized carbons (Fsp3) is 0.222. The number of hydrogen-bond donors (Lipinski definition) is 2. The molecule has 0 bridgehead atoms. The molecule has 1 saturated heterocycles. The lowest BCUT2D eigenvalue weighted by molar-refractivity contribution is -0.271. The van der Waals surface area contributed by atoms with E-state index in [-0.39, 0.29) is 11.1 Å². The van der Waals surface area contributed by atoms with Gasteiger partial charge in [0.05, 0.1) is 24.3 Å². The van der Waals surface area contributed by atoms with Gasteiger partial charge in [0, 0.05) is 0 Å². The normalized spacial score (nSPS) is 19.5. The van der Waals surface area contributed by atoms with Crippen LogP contribution >= 0.6 is 0 Å². The Kier molecular flexibility index (Phi) is 5.35. The molecule has 0 radical (unpaired) electrons. The highest BCUT2D eigenvalue weighted by Gasteiger charge is 2.31. The van der Waals surface area contributed by atoms with E-state index in [1.807, 2.05) is 0 Å². The van der Waals surface area contributed by atoms with Crippen LogP contribution in [-0.2, 0) is 9.47 Å². The Morgan fingerprint density at radius 3 is 1.38 bits per heavy atom. The molecule has 1 fully saturated rings. The summed E-state index contributed by atoms with van der Waals surface area (Å²) in [7, 11) is 0. The smallest absolute Gasteiger partial charge is 0.335 e. The van der Waals surface area contributed by atoms with E-state index in [0.717, 1.165) is 0 Å². The largest absolute Gasteiger partial charge is 0.478 e. The maximum atomic E-state index is 10.9. The predicted molar refractivity (Wildman–Crippen MR) is 87.5 cm³/mol. The molecule has 1 aliphatic heterocycles. The Bertz CT molecular complexity index is 701. The van der Waals surface area contributed by atoms with Crippen molar-refractivity contribution in [2.45, 2.75) is 12.6 Å². The number of carboxylic acids is 2. The number of benzene rings is 2. The summed E-state index contributed by atoms with van der Waals surface area (Å²) < 4.78 is 22.4. The minimum absolute atomic E-state index is 0.143. The average Bonchev–Trinajstić information content (AvgIpc) is 2.64. The van der Waals surface area contributed by atoms with Crippen LogP contribution in [0.2, 0.25) is 0 Å². The van der Waals surface area contributed by atoms with E-state index in [2.05, 4.69) is 0 Å². The minimum atomic E-state index is -1.03. The zero-order valence-corrected chi connectivity index (χ0v) is 13.5. The van der Waals surface area contributed by atoms with Gasteiger partial charge in [-0.15, -0.1) is 0 Å². The molecule has 1 heterocycles. The van der Waals surface area contributed by atoms with Gasteiger partial charge in [0.1, 0.15) is 11.5 Å². The molecule has 2 unspecified atom stereocenters. The van der Waals surface area contributed by atoms with E-state index in [4.69, 9.17) is 29.2 Å². The van der Waals surface area contributed by atoms with Crippen molar-refractivity contribution in [3.05, 3.63) is 59.7 Å². The van der Waals surface area contributed by atoms with Crippen LogP contribution in [0, 0.1) is 0 Å². The molecule has 3 rings (SSSR count). The second kappa shape index (κ2) is 7.85.